The zero-order valence-corrected chi connectivity index (χ0v) is 61.4. The van der Waals surface area contributed by atoms with Crippen molar-refractivity contribution in [2.45, 2.75) is 176 Å². The van der Waals surface area contributed by atoms with Crippen LogP contribution in [0.4, 0.5) is 0 Å². The van der Waals surface area contributed by atoms with Crippen LogP contribution in [0.15, 0.2) is 146 Å². The fourth-order valence-electron chi connectivity index (χ4n) is 12.8. The number of unbranched alkanes of at least 4 members (excludes halogenated alkanes) is 6. The second-order valence-corrected chi connectivity index (χ2v) is 31.4. The molecule has 0 unspecified atom stereocenters. The van der Waals surface area contributed by atoms with Gasteiger partial charge in [-0.2, -0.15) is 0 Å². The minimum Gasteiger partial charge on any atom is -0.355 e. The van der Waals surface area contributed by atoms with Crippen LogP contribution in [0, 0.1) is 0 Å². The lowest BCUT2D eigenvalue weighted by molar-refractivity contribution is -0.122. The molecule has 0 spiro atoms. The van der Waals surface area contributed by atoms with E-state index in [9.17, 15) is 47.9 Å². The van der Waals surface area contributed by atoms with Crippen molar-refractivity contribution in [2.24, 2.45) is 0 Å². The first-order valence-corrected chi connectivity index (χ1v) is 35.7. The Balaban J connectivity index is 0.000000244. The third-order valence-electron chi connectivity index (χ3n) is 19.2. The van der Waals surface area contributed by atoms with Crippen LogP contribution in [-0.2, 0) is 57.4 Å². The molecule has 6 aliphatic heterocycles. The molecule has 6 heterocycles. The van der Waals surface area contributed by atoms with Crippen molar-refractivity contribution in [1.82, 2.24) is 41.7 Å². The van der Waals surface area contributed by atoms with E-state index >= 15 is 0 Å². The van der Waals surface area contributed by atoms with E-state index in [-0.39, 0.29) is 70.2 Å². The van der Waals surface area contributed by atoms with E-state index in [0.717, 1.165) is 110 Å². The quantitative estimate of drug-likeness (QED) is 0.0444. The Bertz CT molecular complexity index is 4100. The Hall–Kier alpha value is -10.6. The average molecular weight is 1390 g/mol. The Morgan fingerprint density at radius 1 is 0.330 bits per heavy atom. The molecule has 0 saturated carbocycles. The van der Waals surface area contributed by atoms with Gasteiger partial charge in [-0.3, -0.25) is 57.7 Å². The summed E-state index contributed by atoms with van der Waals surface area (Å²) in [5.74, 6) is -3.61. The second-order valence-electron chi connectivity index (χ2n) is 31.4. The molecular formula is C85H96N8O10. The smallest absolute Gasteiger partial charge is 0.261 e. The summed E-state index contributed by atoms with van der Waals surface area (Å²) in [6, 6.07) is 44.1. The minimum atomic E-state index is -0.442. The molecule has 8 aromatic rings. The normalized spacial score (nSPS) is 14.6. The first kappa shape index (κ1) is 75.1. The van der Waals surface area contributed by atoms with Crippen LogP contribution in [0.1, 0.15) is 255 Å². The Morgan fingerprint density at radius 2 is 0.563 bits per heavy atom. The third kappa shape index (κ3) is 18.4. The maximum atomic E-state index is 13.8. The maximum Gasteiger partial charge on any atom is 0.261 e. The average Bonchev–Trinajstić information content (AvgIpc) is 0.735. The van der Waals surface area contributed by atoms with Crippen molar-refractivity contribution >= 4 is 80.6 Å². The van der Waals surface area contributed by atoms with Gasteiger partial charge in [0.1, 0.15) is 13.1 Å². The number of nitrogens with one attached hydrogen (secondary N) is 6. The first-order valence-electron chi connectivity index (χ1n) is 35.7. The molecule has 0 atom stereocenters. The van der Waals surface area contributed by atoms with E-state index in [1.165, 1.54) is 0 Å². The molecular weight excluding hydrogens is 1290 g/mol. The van der Waals surface area contributed by atoms with Crippen LogP contribution in [0.5, 0.6) is 0 Å². The van der Waals surface area contributed by atoms with Crippen molar-refractivity contribution in [1.29, 1.82) is 0 Å². The van der Waals surface area contributed by atoms with Crippen molar-refractivity contribution in [3.05, 3.63) is 235 Å². The van der Waals surface area contributed by atoms with Crippen LogP contribution < -0.4 is 31.9 Å². The molecule has 6 aliphatic rings. The second kappa shape index (κ2) is 31.3. The molecule has 536 valence electrons. The van der Waals surface area contributed by atoms with Crippen LogP contribution in [-0.4, -0.2) is 95.1 Å². The number of amides is 10. The summed E-state index contributed by atoms with van der Waals surface area (Å²) in [5, 5.41) is 20.4. The molecule has 18 heteroatoms. The summed E-state index contributed by atoms with van der Waals surface area (Å²) in [6.45, 7) is 26.6. The van der Waals surface area contributed by atoms with Crippen molar-refractivity contribution in [3.8, 4) is 0 Å². The van der Waals surface area contributed by atoms with E-state index in [4.69, 9.17) is 0 Å². The van der Waals surface area contributed by atoms with E-state index < -0.39 is 23.6 Å². The Kier molecular flexibility index (Phi) is 22.8. The number of hydrogen-bond donors (Lipinski definition) is 6. The summed E-state index contributed by atoms with van der Waals surface area (Å²) in [5.41, 5.74) is 10.1. The van der Waals surface area contributed by atoms with Crippen molar-refractivity contribution in [2.75, 3.05) is 26.2 Å². The van der Waals surface area contributed by atoms with E-state index in [2.05, 4.69) is 139 Å². The van der Waals surface area contributed by atoms with Gasteiger partial charge in [0.05, 0.1) is 0 Å². The predicted molar refractivity (Wildman–Crippen MR) is 402 cm³/mol. The molecule has 14 rings (SSSR count). The third-order valence-corrected chi connectivity index (χ3v) is 19.2. The summed E-state index contributed by atoms with van der Waals surface area (Å²) in [4.78, 5) is 135. The number of carbonyl (C=O) groups excluding carboxylic acids is 10. The highest BCUT2D eigenvalue weighted by Gasteiger charge is 2.39. The summed E-state index contributed by atoms with van der Waals surface area (Å²) in [7, 11) is 0. The SMILES string of the molecule is CC(C)(C)c1cc2c3c(cc(C(C)(C)C)cc3c1)C(=O)N(CC(=O)NCCCCCCCCCNC(=O)CN1C(=O)c3cc(C(C)(C)C)cc4cc(C(C)(C)C)cc(c34)C1=O)C2=O.O=C1NCc2ccc(cc2)CNC(=O)c2cccc(c2)C(=O)NCc2ccc(cc2)CNC(=O)c2cccc1c2. The van der Waals surface area contributed by atoms with Crippen molar-refractivity contribution in [3.63, 3.8) is 0 Å². The molecule has 6 N–H and O–H groups in total. The summed E-state index contributed by atoms with van der Waals surface area (Å²) >= 11 is 0. The number of carbonyl (C=O) groups is 10. The predicted octanol–water partition coefficient (Wildman–Crippen LogP) is 13.8. The Morgan fingerprint density at radius 3 is 0.796 bits per heavy atom. The van der Waals surface area contributed by atoms with Gasteiger partial charge < -0.3 is 31.9 Å². The molecule has 18 nitrogen and oxygen atoms in total. The summed E-state index contributed by atoms with van der Waals surface area (Å²) in [6.07, 6.45) is 6.37. The zero-order valence-electron chi connectivity index (χ0n) is 61.4. The van der Waals surface area contributed by atoms with E-state index in [1.54, 1.807) is 48.5 Å². The highest BCUT2D eigenvalue weighted by molar-refractivity contribution is 6.27. The van der Waals surface area contributed by atoms with Gasteiger partial charge in [0.15, 0.2) is 0 Å². The molecule has 8 bridgehead atoms. The molecule has 10 amide bonds. The fraction of sp³-hybridized carbons (Fsp3) is 0.365. The van der Waals surface area contributed by atoms with Gasteiger partial charge in [-0.1, -0.05) is 200 Å². The van der Waals surface area contributed by atoms with Crippen LogP contribution in [0.2, 0.25) is 0 Å². The molecule has 8 aromatic carbocycles. The lowest BCUT2D eigenvalue weighted by atomic mass is 9.79. The van der Waals surface area contributed by atoms with Gasteiger partial charge in [0.2, 0.25) is 11.8 Å². The van der Waals surface area contributed by atoms with Gasteiger partial charge in [-0.15, -0.1) is 0 Å². The molecule has 0 fully saturated rings. The topological polar surface area (TPSA) is 249 Å². The number of rotatable bonds is 14. The van der Waals surface area contributed by atoms with Crippen LogP contribution in [0.25, 0.3) is 21.5 Å². The molecule has 103 heavy (non-hydrogen) atoms. The monoisotopic (exact) mass is 1390 g/mol. The minimum absolute atomic E-state index is 0.217. The number of imide groups is 2. The number of nitrogens with zero attached hydrogens (tertiary/aromatic N) is 2. The van der Waals surface area contributed by atoms with Crippen molar-refractivity contribution < 1.29 is 47.9 Å². The van der Waals surface area contributed by atoms with Crippen LogP contribution >= 0.6 is 0 Å². The fourth-order valence-corrected chi connectivity index (χ4v) is 12.8. The molecule has 0 saturated heterocycles. The largest absolute Gasteiger partial charge is 0.355 e. The maximum absolute atomic E-state index is 13.8. The van der Waals surface area contributed by atoms with Gasteiger partial charge in [-0.05, 0) is 150 Å². The van der Waals surface area contributed by atoms with Gasteiger partial charge in [-0.25, -0.2) is 0 Å². The van der Waals surface area contributed by atoms with Crippen LogP contribution in [0.3, 0.4) is 0 Å². The first-order chi connectivity index (χ1) is 48.7. The zero-order chi connectivity index (χ0) is 74.3. The lowest BCUT2D eigenvalue weighted by Gasteiger charge is -2.31. The lowest BCUT2D eigenvalue weighted by Crippen LogP contribution is -2.46. The number of benzene rings is 8. The highest BCUT2D eigenvalue weighted by atomic mass is 16.2. The molecule has 0 aliphatic carbocycles. The van der Waals surface area contributed by atoms with Gasteiger partial charge >= 0.3 is 0 Å². The summed E-state index contributed by atoms with van der Waals surface area (Å²) < 4.78 is 0. The number of hydrogen-bond acceptors (Lipinski definition) is 10. The standard InChI is InChI=1S/C53H68N4O6.C32H28N4O4/c1-50(2,3)34-22-32-23-35(51(4,5)6)27-39-44(32)38(26-34)46(60)56(47(39)61)30-42(58)54-20-18-16-14-13-15-17-19-21-55-43(59)31-57-48(62)40-28-36(52(7,8)9)24-33-25-37(53(10,11)12)29-41(45(33)40)49(57)63;37-29-25-3-1-4-26(15-25)30(38)34-18-22-9-13-24(14-10-22)20-36-32(40)28-6-2-5-27(16-28)31(39)35-19-23-11-7-21(8-12-23)17-33-29/h22-29H,13-21,30-31H2,1-12H3,(H,54,58)(H,55,59);1-16H,17-20H2,(H,33,37)(H,34,38)(H,35,39)(H,36,40). The van der Waals surface area contributed by atoms with Gasteiger partial charge in [0.25, 0.3) is 47.3 Å². The highest BCUT2D eigenvalue weighted by Crippen LogP contribution is 2.40. The van der Waals surface area contributed by atoms with E-state index in [0.29, 0.717) is 94.5 Å². The van der Waals surface area contributed by atoms with Gasteiger partial charge in [0, 0.05) is 94.5 Å². The molecule has 0 aromatic heterocycles. The van der Waals surface area contributed by atoms with E-state index in [1.807, 2.05) is 72.8 Å². The molecule has 0 radical (unpaired) electrons. The Labute approximate surface area is 603 Å².